The molecule has 0 spiro atoms. The summed E-state index contributed by atoms with van der Waals surface area (Å²) in [4.78, 5) is 35.7. The standard InChI is InChI=1S/C15H10O4.C13H16O4/c1-7-5-9-13(11(17)6-7)15(19)12-8(14(9)18)3-2-4-10(12)16;1-13(2)7-6-8-10(17-13)5-4-9(12(14)15)11(8)16-3/h2-6,16-17H,1H3;4-5H,6-7H2,1-3H3,(H,14,15). The number of hydrogen-bond donors (Lipinski definition) is 3. The molecule has 2 aliphatic rings. The van der Waals surface area contributed by atoms with Gasteiger partial charge in [0.25, 0.3) is 0 Å². The summed E-state index contributed by atoms with van der Waals surface area (Å²) in [5.74, 6) is -1.20. The molecule has 5 rings (SSSR count). The summed E-state index contributed by atoms with van der Waals surface area (Å²) >= 11 is 0. The fourth-order valence-electron chi connectivity index (χ4n) is 4.54. The first-order valence-electron chi connectivity index (χ1n) is 11.3. The molecule has 8 heteroatoms. The monoisotopic (exact) mass is 490 g/mol. The molecule has 0 radical (unpaired) electrons. The Labute approximate surface area is 207 Å². The largest absolute Gasteiger partial charge is 0.507 e. The second kappa shape index (κ2) is 9.03. The van der Waals surface area contributed by atoms with Crippen LogP contribution < -0.4 is 9.47 Å². The van der Waals surface area contributed by atoms with Crippen molar-refractivity contribution in [2.45, 2.75) is 39.2 Å². The third-order valence-electron chi connectivity index (χ3n) is 6.26. The van der Waals surface area contributed by atoms with E-state index < -0.39 is 11.8 Å². The average Bonchev–Trinajstić information content (AvgIpc) is 2.80. The number of ether oxygens (including phenoxy) is 2. The molecule has 3 aromatic rings. The SMILES string of the molecule is COc1c(C(=O)O)ccc2c1CCC(C)(C)O2.Cc1cc(O)c2c(c1)C(=O)c1cccc(O)c1C2=O. The average molecular weight is 491 g/mol. The minimum atomic E-state index is -0.977. The Bertz CT molecular complexity index is 1420. The molecule has 3 N–H and O–H groups in total. The molecule has 0 bridgehead atoms. The molecule has 8 nitrogen and oxygen atoms in total. The zero-order valence-corrected chi connectivity index (χ0v) is 20.3. The molecule has 0 saturated carbocycles. The smallest absolute Gasteiger partial charge is 0.339 e. The van der Waals surface area contributed by atoms with Gasteiger partial charge in [-0.15, -0.1) is 0 Å². The second-order valence-electron chi connectivity index (χ2n) is 9.35. The van der Waals surface area contributed by atoms with Crippen LogP contribution in [0.25, 0.3) is 0 Å². The normalized spacial score (nSPS) is 14.9. The van der Waals surface area contributed by atoms with Crippen LogP contribution in [-0.2, 0) is 6.42 Å². The maximum Gasteiger partial charge on any atom is 0.339 e. The van der Waals surface area contributed by atoms with Crippen LogP contribution in [-0.4, -0.2) is 45.6 Å². The van der Waals surface area contributed by atoms with Gasteiger partial charge in [0.15, 0.2) is 5.78 Å². The molecule has 3 aromatic carbocycles. The van der Waals surface area contributed by atoms with Crippen LogP contribution in [0.5, 0.6) is 23.0 Å². The number of carbonyl (C=O) groups excluding carboxylic acids is 2. The molecule has 1 heterocycles. The summed E-state index contributed by atoms with van der Waals surface area (Å²) in [5.41, 5.74) is 1.80. The topological polar surface area (TPSA) is 130 Å². The van der Waals surface area contributed by atoms with Gasteiger partial charge in [-0.1, -0.05) is 12.1 Å². The Hall–Kier alpha value is -4.33. The molecule has 0 aromatic heterocycles. The zero-order chi connectivity index (χ0) is 26.4. The fourth-order valence-corrected chi connectivity index (χ4v) is 4.54. The summed E-state index contributed by atoms with van der Waals surface area (Å²) in [6, 6.07) is 10.6. The van der Waals surface area contributed by atoms with Gasteiger partial charge in [0.1, 0.15) is 34.2 Å². The van der Waals surface area contributed by atoms with Crippen molar-refractivity contribution >= 4 is 17.5 Å². The lowest BCUT2D eigenvalue weighted by Crippen LogP contribution is -2.32. The number of carboxylic acid groups (broad SMARTS) is 1. The van der Waals surface area contributed by atoms with Crippen LogP contribution in [0, 0.1) is 6.92 Å². The van der Waals surface area contributed by atoms with E-state index >= 15 is 0 Å². The number of hydrogen-bond acceptors (Lipinski definition) is 7. The minimum absolute atomic E-state index is 0.0374. The molecule has 186 valence electrons. The third-order valence-corrected chi connectivity index (χ3v) is 6.26. The molecular formula is C28H26O8. The zero-order valence-electron chi connectivity index (χ0n) is 20.3. The van der Waals surface area contributed by atoms with Crippen molar-refractivity contribution in [3.63, 3.8) is 0 Å². The lowest BCUT2D eigenvalue weighted by Gasteiger charge is -2.33. The van der Waals surface area contributed by atoms with Crippen LogP contribution >= 0.6 is 0 Å². The van der Waals surface area contributed by atoms with E-state index in [-0.39, 0.29) is 50.7 Å². The molecule has 0 fully saturated rings. The first-order chi connectivity index (χ1) is 16.9. The van der Waals surface area contributed by atoms with E-state index in [4.69, 9.17) is 14.6 Å². The Balaban J connectivity index is 0.000000170. The number of benzene rings is 3. The number of aryl methyl sites for hydroxylation is 1. The van der Waals surface area contributed by atoms with Crippen molar-refractivity contribution in [3.05, 3.63) is 81.4 Å². The van der Waals surface area contributed by atoms with Gasteiger partial charge >= 0.3 is 5.97 Å². The highest BCUT2D eigenvalue weighted by atomic mass is 16.5. The number of carboxylic acids is 1. The number of aromatic hydroxyl groups is 2. The number of aromatic carboxylic acids is 1. The van der Waals surface area contributed by atoms with Gasteiger partial charge in [-0.3, -0.25) is 9.59 Å². The molecule has 0 atom stereocenters. The highest BCUT2D eigenvalue weighted by Gasteiger charge is 2.34. The number of carbonyl (C=O) groups is 3. The van der Waals surface area contributed by atoms with Crippen LogP contribution in [0.2, 0.25) is 0 Å². The predicted molar refractivity (Wildman–Crippen MR) is 131 cm³/mol. The summed E-state index contributed by atoms with van der Waals surface area (Å²) in [5, 5.41) is 28.7. The van der Waals surface area contributed by atoms with Crippen molar-refractivity contribution in [1.29, 1.82) is 0 Å². The first-order valence-corrected chi connectivity index (χ1v) is 11.3. The van der Waals surface area contributed by atoms with Gasteiger partial charge in [-0.2, -0.15) is 0 Å². The molecule has 36 heavy (non-hydrogen) atoms. The Kier molecular flexibility index (Phi) is 6.22. The number of rotatable bonds is 2. The van der Waals surface area contributed by atoms with Crippen LogP contribution in [0.4, 0.5) is 0 Å². The van der Waals surface area contributed by atoms with Gasteiger partial charge in [-0.25, -0.2) is 4.79 Å². The van der Waals surface area contributed by atoms with Crippen molar-refractivity contribution < 1.29 is 39.2 Å². The van der Waals surface area contributed by atoms with Gasteiger partial charge in [0, 0.05) is 16.7 Å². The molecule has 0 saturated heterocycles. The van der Waals surface area contributed by atoms with Crippen molar-refractivity contribution in [3.8, 4) is 23.0 Å². The van der Waals surface area contributed by atoms with E-state index in [2.05, 4.69) is 0 Å². The summed E-state index contributed by atoms with van der Waals surface area (Å²) in [7, 11) is 1.49. The molecule has 1 aliphatic heterocycles. The maximum atomic E-state index is 12.3. The lowest BCUT2D eigenvalue weighted by molar-refractivity contribution is 0.0689. The second-order valence-corrected chi connectivity index (χ2v) is 9.35. The Morgan fingerprint density at radius 1 is 0.972 bits per heavy atom. The fraction of sp³-hybridized carbons (Fsp3) is 0.250. The van der Waals surface area contributed by atoms with Crippen LogP contribution in [0.15, 0.2) is 42.5 Å². The first kappa shape index (κ1) is 24.8. The van der Waals surface area contributed by atoms with E-state index in [1.54, 1.807) is 19.1 Å². The van der Waals surface area contributed by atoms with Crippen molar-refractivity contribution in [2.75, 3.05) is 7.11 Å². The number of methoxy groups -OCH3 is 1. The Morgan fingerprint density at radius 2 is 1.67 bits per heavy atom. The number of fused-ring (bicyclic) bond motifs is 3. The third kappa shape index (κ3) is 4.26. The number of ketones is 2. The molecular weight excluding hydrogens is 464 g/mol. The lowest BCUT2D eigenvalue weighted by atomic mass is 9.82. The van der Waals surface area contributed by atoms with Crippen molar-refractivity contribution in [2.24, 2.45) is 0 Å². The summed E-state index contributed by atoms with van der Waals surface area (Å²) < 4.78 is 11.0. The minimum Gasteiger partial charge on any atom is -0.507 e. The van der Waals surface area contributed by atoms with E-state index in [1.807, 2.05) is 13.8 Å². The molecule has 0 amide bonds. The maximum absolute atomic E-state index is 12.3. The van der Waals surface area contributed by atoms with Gasteiger partial charge in [0.2, 0.25) is 5.78 Å². The van der Waals surface area contributed by atoms with Gasteiger partial charge in [-0.05, 0) is 69.5 Å². The highest BCUT2D eigenvalue weighted by molar-refractivity contribution is 6.30. The van der Waals surface area contributed by atoms with E-state index in [1.165, 1.54) is 37.4 Å². The molecule has 1 aliphatic carbocycles. The van der Waals surface area contributed by atoms with Crippen molar-refractivity contribution in [1.82, 2.24) is 0 Å². The van der Waals surface area contributed by atoms with Gasteiger partial charge in [0.05, 0.1) is 18.2 Å². The quantitative estimate of drug-likeness (QED) is 0.369. The van der Waals surface area contributed by atoms with E-state index in [9.17, 15) is 24.6 Å². The number of phenolic OH excluding ortho intramolecular Hbond substituents is 2. The van der Waals surface area contributed by atoms with E-state index in [0.717, 1.165) is 24.2 Å². The van der Waals surface area contributed by atoms with E-state index in [0.29, 0.717) is 11.3 Å². The predicted octanol–water partition coefficient (Wildman–Crippen LogP) is 4.68. The highest BCUT2D eigenvalue weighted by Crippen LogP contribution is 2.40. The molecule has 0 unspecified atom stereocenters. The number of phenols is 2. The summed E-state index contributed by atoms with van der Waals surface area (Å²) in [6.45, 7) is 5.77. The van der Waals surface area contributed by atoms with Crippen LogP contribution in [0.3, 0.4) is 0 Å². The van der Waals surface area contributed by atoms with Gasteiger partial charge < -0.3 is 24.8 Å². The Morgan fingerprint density at radius 3 is 2.33 bits per heavy atom. The summed E-state index contributed by atoms with van der Waals surface area (Å²) in [6.07, 6.45) is 1.62. The van der Waals surface area contributed by atoms with Crippen LogP contribution in [0.1, 0.15) is 73.6 Å².